The molecule has 3 N–H and O–H groups in total. The smallest absolute Gasteiger partial charge is 0.320 e. The fourth-order valence-corrected chi connectivity index (χ4v) is 4.04. The molecule has 0 saturated heterocycles. The van der Waals surface area contributed by atoms with Crippen LogP contribution in [0.3, 0.4) is 0 Å². The van der Waals surface area contributed by atoms with Gasteiger partial charge in [0.05, 0.1) is 12.0 Å². The van der Waals surface area contributed by atoms with Gasteiger partial charge < -0.3 is 20.1 Å². The van der Waals surface area contributed by atoms with Crippen molar-refractivity contribution in [3.63, 3.8) is 0 Å². The molecule has 2 aromatic carbocycles. The van der Waals surface area contributed by atoms with Crippen LogP contribution < -0.4 is 5.32 Å². The van der Waals surface area contributed by atoms with Crippen molar-refractivity contribution in [1.82, 2.24) is 14.9 Å². The summed E-state index contributed by atoms with van der Waals surface area (Å²) in [4.78, 5) is 27.9. The van der Waals surface area contributed by atoms with Crippen molar-refractivity contribution in [3.05, 3.63) is 77.9 Å². The predicted molar refractivity (Wildman–Crippen MR) is 127 cm³/mol. The molecule has 0 amide bonds. The molecular weight excluding hydrogens is 418 g/mol. The maximum absolute atomic E-state index is 12.1. The van der Waals surface area contributed by atoms with E-state index in [-0.39, 0.29) is 12.5 Å². The number of carboxylic acid groups (broad SMARTS) is 2. The highest BCUT2D eigenvalue weighted by molar-refractivity contribution is 5.76. The molecule has 33 heavy (non-hydrogen) atoms. The average molecular weight is 450 g/mol. The maximum atomic E-state index is 12.1. The number of nitrogens with zero attached hydrogens (tertiary/aromatic N) is 2. The lowest BCUT2D eigenvalue weighted by Crippen LogP contribution is -2.41. The fourth-order valence-electron chi connectivity index (χ4n) is 4.04. The molecule has 3 aromatic rings. The summed E-state index contributed by atoms with van der Waals surface area (Å²) in [6, 6.07) is 15.4. The van der Waals surface area contributed by atoms with Crippen LogP contribution in [0.1, 0.15) is 43.0 Å². The molecule has 174 valence electrons. The van der Waals surface area contributed by atoms with Gasteiger partial charge in [0.2, 0.25) is 0 Å². The summed E-state index contributed by atoms with van der Waals surface area (Å²) in [5, 5.41) is 22.3. The largest absolute Gasteiger partial charge is 0.481 e. The van der Waals surface area contributed by atoms with E-state index in [1.807, 2.05) is 48.7 Å². The van der Waals surface area contributed by atoms with Gasteiger partial charge in [-0.1, -0.05) is 62.4 Å². The van der Waals surface area contributed by atoms with E-state index in [9.17, 15) is 19.8 Å². The minimum Gasteiger partial charge on any atom is -0.481 e. The molecule has 0 bridgehead atoms. The fraction of sp³-hybridized carbons (Fsp3) is 0.346. The second kappa shape index (κ2) is 10.9. The number of hydrogen-bond donors (Lipinski definition) is 3. The van der Waals surface area contributed by atoms with Gasteiger partial charge in [0, 0.05) is 19.3 Å². The van der Waals surface area contributed by atoms with Gasteiger partial charge in [0.15, 0.2) is 0 Å². The summed E-state index contributed by atoms with van der Waals surface area (Å²) in [5.41, 5.74) is 4.98. The molecule has 3 rings (SSSR count). The molecule has 1 aromatic heterocycles. The van der Waals surface area contributed by atoms with E-state index in [2.05, 4.69) is 35.4 Å². The average Bonchev–Trinajstić information content (AvgIpc) is 3.22. The van der Waals surface area contributed by atoms with Gasteiger partial charge in [0.1, 0.15) is 12.0 Å². The lowest BCUT2D eigenvalue weighted by molar-refractivity contribution is -0.142. The summed E-state index contributed by atoms with van der Waals surface area (Å²) in [6.45, 7) is 6.42. The Kier molecular flexibility index (Phi) is 8.01. The predicted octanol–water partition coefficient (Wildman–Crippen LogP) is 4.16. The third-order valence-electron chi connectivity index (χ3n) is 5.84. The first-order valence-electron chi connectivity index (χ1n) is 11.1. The molecule has 7 nitrogen and oxygen atoms in total. The van der Waals surface area contributed by atoms with Crippen molar-refractivity contribution < 1.29 is 19.8 Å². The second-order valence-corrected chi connectivity index (χ2v) is 8.72. The minimum atomic E-state index is -1.02. The number of imidazole rings is 1. The van der Waals surface area contributed by atoms with Crippen LogP contribution in [-0.2, 0) is 16.1 Å². The number of carbonyl (C=O) groups is 2. The molecule has 0 radical (unpaired) electrons. The molecule has 7 heteroatoms. The molecule has 0 aliphatic rings. The van der Waals surface area contributed by atoms with Gasteiger partial charge in [-0.05, 0) is 41.5 Å². The Bertz CT molecular complexity index is 1090. The Hall–Kier alpha value is -3.45. The van der Waals surface area contributed by atoms with E-state index in [0.717, 1.165) is 22.3 Å². The summed E-state index contributed by atoms with van der Waals surface area (Å²) < 4.78 is 1.83. The first-order chi connectivity index (χ1) is 15.8. The van der Waals surface area contributed by atoms with Gasteiger partial charge in [0.25, 0.3) is 0 Å². The number of benzene rings is 2. The van der Waals surface area contributed by atoms with Crippen molar-refractivity contribution in [2.24, 2.45) is 5.92 Å². The molecule has 2 atom stereocenters. The first kappa shape index (κ1) is 24.2. The molecule has 0 spiro atoms. The van der Waals surface area contributed by atoms with Crippen LogP contribution in [0, 0.1) is 12.8 Å². The number of nitrogens with one attached hydrogen (secondary N) is 1. The molecule has 0 fully saturated rings. The van der Waals surface area contributed by atoms with Crippen molar-refractivity contribution in [1.29, 1.82) is 0 Å². The third-order valence-corrected chi connectivity index (χ3v) is 5.84. The van der Waals surface area contributed by atoms with Crippen LogP contribution in [-0.4, -0.2) is 44.3 Å². The van der Waals surface area contributed by atoms with E-state index >= 15 is 0 Å². The Morgan fingerprint density at radius 2 is 1.76 bits per heavy atom. The van der Waals surface area contributed by atoms with E-state index in [1.54, 1.807) is 12.5 Å². The van der Waals surface area contributed by atoms with Gasteiger partial charge in [-0.15, -0.1) is 0 Å². The van der Waals surface area contributed by atoms with Crippen molar-refractivity contribution >= 4 is 11.9 Å². The topological polar surface area (TPSA) is 104 Å². The number of hydrogen-bond acceptors (Lipinski definition) is 4. The Labute approximate surface area is 194 Å². The zero-order valence-corrected chi connectivity index (χ0v) is 19.2. The number of rotatable bonds is 11. The van der Waals surface area contributed by atoms with Crippen LogP contribution >= 0.6 is 0 Å². The zero-order valence-electron chi connectivity index (χ0n) is 19.2. The van der Waals surface area contributed by atoms with E-state index in [4.69, 9.17) is 0 Å². The number of carboxylic acids is 2. The molecule has 1 heterocycles. The molecular formula is C26H31N3O4. The quantitative estimate of drug-likeness (QED) is 0.406. The second-order valence-electron chi connectivity index (χ2n) is 8.72. The molecule has 2 unspecified atom stereocenters. The Morgan fingerprint density at radius 1 is 1.03 bits per heavy atom. The molecule has 0 aliphatic carbocycles. The van der Waals surface area contributed by atoms with Gasteiger partial charge in [-0.3, -0.25) is 9.59 Å². The van der Waals surface area contributed by atoms with Gasteiger partial charge >= 0.3 is 11.9 Å². The normalized spacial score (nSPS) is 13.1. The molecule has 0 saturated carbocycles. The van der Waals surface area contributed by atoms with Crippen LogP contribution in [0.2, 0.25) is 0 Å². The summed E-state index contributed by atoms with van der Waals surface area (Å²) in [6.07, 6.45) is 3.60. The number of aromatic nitrogens is 2. The highest BCUT2D eigenvalue weighted by Crippen LogP contribution is 2.27. The Balaban J connectivity index is 1.83. The van der Waals surface area contributed by atoms with Gasteiger partial charge in [-0.2, -0.15) is 0 Å². The van der Waals surface area contributed by atoms with Crippen molar-refractivity contribution in [2.45, 2.75) is 45.7 Å². The highest BCUT2D eigenvalue weighted by Gasteiger charge is 2.27. The third kappa shape index (κ3) is 6.08. The lowest BCUT2D eigenvalue weighted by atomic mass is 9.96. The first-order valence-corrected chi connectivity index (χ1v) is 11.1. The zero-order chi connectivity index (χ0) is 24.0. The highest BCUT2D eigenvalue weighted by atomic mass is 16.4. The van der Waals surface area contributed by atoms with Gasteiger partial charge in [-0.25, -0.2) is 4.98 Å². The Morgan fingerprint density at radius 3 is 2.39 bits per heavy atom. The van der Waals surface area contributed by atoms with E-state index < -0.39 is 23.9 Å². The van der Waals surface area contributed by atoms with Crippen LogP contribution in [0.4, 0.5) is 0 Å². The molecule has 0 aliphatic heterocycles. The van der Waals surface area contributed by atoms with Crippen LogP contribution in [0.15, 0.2) is 61.1 Å². The number of aliphatic carboxylic acids is 2. The summed E-state index contributed by atoms with van der Waals surface area (Å²) >= 11 is 0. The lowest BCUT2D eigenvalue weighted by Gasteiger charge is -2.21. The van der Waals surface area contributed by atoms with Crippen LogP contribution in [0.5, 0.6) is 0 Å². The van der Waals surface area contributed by atoms with E-state index in [0.29, 0.717) is 18.7 Å². The maximum Gasteiger partial charge on any atom is 0.320 e. The van der Waals surface area contributed by atoms with Crippen molar-refractivity contribution in [2.75, 3.05) is 6.54 Å². The summed E-state index contributed by atoms with van der Waals surface area (Å²) in [5.74, 6) is -2.74. The van der Waals surface area contributed by atoms with Crippen LogP contribution in [0.25, 0.3) is 11.1 Å². The monoisotopic (exact) mass is 449 g/mol. The van der Waals surface area contributed by atoms with Crippen molar-refractivity contribution in [3.8, 4) is 11.1 Å². The van der Waals surface area contributed by atoms with E-state index in [1.165, 1.54) is 0 Å². The minimum absolute atomic E-state index is 0.00769. The standard InChI is InChI=1S/C26H31N3O4/c1-17(2)12-23(26(32)33)28-13-22(25(30)31)24-14-27-16-29(24)15-20-10-7-11-21(18(20)3)19-8-5-4-6-9-19/h4-11,14,16-17,22-23,28H,12-13,15H2,1-3H3,(H,30,31)(H,32,33). The summed E-state index contributed by atoms with van der Waals surface area (Å²) in [7, 11) is 0. The SMILES string of the molecule is Cc1c(Cn2cncc2C(CNC(CC(C)C)C(=O)O)C(=O)O)cccc1-c1ccccc1.